The Morgan fingerprint density at radius 3 is 2.30 bits per heavy atom. The maximum absolute atomic E-state index is 14.5. The number of hydrogen-bond acceptors (Lipinski definition) is 4. The van der Waals surface area contributed by atoms with Gasteiger partial charge < -0.3 is 20.1 Å². The van der Waals surface area contributed by atoms with E-state index < -0.39 is 5.82 Å². The second-order valence-electron chi connectivity index (χ2n) is 8.72. The average molecular weight is 492 g/mol. The van der Waals surface area contributed by atoms with E-state index in [1.807, 2.05) is 66.7 Å². The van der Waals surface area contributed by atoms with Gasteiger partial charge in [0.05, 0.1) is 0 Å². The van der Waals surface area contributed by atoms with Crippen molar-refractivity contribution in [2.24, 2.45) is 5.73 Å². The normalized spacial score (nSPS) is 10.6. The topological polar surface area (TPSA) is 47.7 Å². The van der Waals surface area contributed by atoms with E-state index in [2.05, 4.69) is 11.5 Å². The van der Waals surface area contributed by atoms with Gasteiger partial charge >= 0.3 is 0 Å². The van der Waals surface area contributed by atoms with E-state index in [0.717, 1.165) is 28.8 Å². The molecule has 4 rings (SSSR count). The summed E-state index contributed by atoms with van der Waals surface area (Å²) in [7, 11) is 6.32. The molecule has 0 aliphatic carbocycles. The smallest absolute Gasteiger partial charge is 0.165 e. The number of rotatable bonds is 12. The van der Waals surface area contributed by atoms with Gasteiger partial charge in [0.2, 0.25) is 0 Å². The van der Waals surface area contributed by atoms with E-state index >= 15 is 0 Å². The van der Waals surface area contributed by atoms with Crippen LogP contribution in [0.1, 0.15) is 23.1 Å². The summed E-state index contributed by atoms with van der Waals surface area (Å²) in [6.07, 6.45) is 0.779. The van der Waals surface area contributed by atoms with Crippen LogP contribution in [0.5, 0.6) is 17.2 Å². The number of para-hydroxylation sites is 1. The first-order chi connectivity index (χ1) is 18.0. The van der Waals surface area contributed by atoms with Crippen molar-refractivity contribution in [3.63, 3.8) is 0 Å². The molecular formula is C31H30BFN2O2. The highest BCUT2D eigenvalue weighted by atomic mass is 19.1. The third kappa shape index (κ3) is 7.24. The lowest BCUT2D eigenvalue weighted by molar-refractivity contribution is 0.309. The Kier molecular flexibility index (Phi) is 9.01. The van der Waals surface area contributed by atoms with Crippen LogP contribution in [0.25, 0.3) is 5.70 Å². The molecular weight excluding hydrogens is 462 g/mol. The molecule has 0 aliphatic rings. The second kappa shape index (κ2) is 12.8. The van der Waals surface area contributed by atoms with Crippen molar-refractivity contribution in [1.82, 2.24) is 4.90 Å². The summed E-state index contributed by atoms with van der Waals surface area (Å²) in [6, 6.07) is 29.7. The zero-order valence-electron chi connectivity index (χ0n) is 20.8. The van der Waals surface area contributed by atoms with Crippen LogP contribution in [0.2, 0.25) is 0 Å². The van der Waals surface area contributed by atoms with Gasteiger partial charge in [-0.2, -0.15) is 0 Å². The molecule has 4 aromatic rings. The molecule has 0 saturated heterocycles. The van der Waals surface area contributed by atoms with E-state index in [1.165, 1.54) is 6.07 Å². The first-order valence-corrected chi connectivity index (χ1v) is 12.3. The first kappa shape index (κ1) is 26.0. The highest BCUT2D eigenvalue weighted by Crippen LogP contribution is 2.28. The maximum Gasteiger partial charge on any atom is 0.165 e. The zero-order valence-corrected chi connectivity index (χ0v) is 20.8. The van der Waals surface area contributed by atoms with Crippen LogP contribution < -0.4 is 20.7 Å². The lowest BCUT2D eigenvalue weighted by Crippen LogP contribution is -2.25. The molecule has 0 saturated carbocycles. The number of ether oxygens (including phenoxy) is 2. The van der Waals surface area contributed by atoms with Crippen molar-refractivity contribution in [1.29, 1.82) is 0 Å². The van der Waals surface area contributed by atoms with E-state index in [-0.39, 0.29) is 5.75 Å². The van der Waals surface area contributed by atoms with Crippen LogP contribution in [0.4, 0.5) is 4.39 Å². The molecule has 2 N–H and O–H groups in total. The van der Waals surface area contributed by atoms with Crippen LogP contribution in [0, 0.1) is 5.82 Å². The largest absolute Gasteiger partial charge is 0.490 e. The van der Waals surface area contributed by atoms with Gasteiger partial charge in [0.15, 0.2) is 11.6 Å². The standard InChI is InChI=1S/C31H30BFN2O2/c1-23(26-14-16-30(28(32)20-26)36-22-24-9-4-2-5-10-24)35(18-8-17-34)21-25-13-15-29(33)31(19-25)37-27-11-6-3-7-12-27/h2-7,9-16,19-20H,1,8,17-18,21-22,34H2. The monoisotopic (exact) mass is 492 g/mol. The number of halogens is 1. The lowest BCUT2D eigenvalue weighted by atomic mass is 9.92. The number of hydrogen-bond donors (Lipinski definition) is 1. The molecule has 37 heavy (non-hydrogen) atoms. The molecule has 0 aromatic heterocycles. The number of nitrogens with zero attached hydrogens (tertiary/aromatic N) is 1. The van der Waals surface area contributed by atoms with E-state index in [9.17, 15) is 4.39 Å². The minimum atomic E-state index is -0.418. The van der Waals surface area contributed by atoms with Crippen LogP contribution in [0.15, 0.2) is 104 Å². The minimum absolute atomic E-state index is 0.178. The summed E-state index contributed by atoms with van der Waals surface area (Å²) in [4.78, 5) is 2.12. The summed E-state index contributed by atoms with van der Waals surface area (Å²) in [5.74, 6) is 0.958. The minimum Gasteiger partial charge on any atom is -0.490 e. The Hall–Kier alpha value is -4.03. The average Bonchev–Trinajstić information content (AvgIpc) is 2.93. The van der Waals surface area contributed by atoms with Crippen LogP contribution in [0.3, 0.4) is 0 Å². The van der Waals surface area contributed by atoms with Gasteiger partial charge in [-0.25, -0.2) is 4.39 Å². The van der Waals surface area contributed by atoms with Gasteiger partial charge in [-0.3, -0.25) is 0 Å². The van der Waals surface area contributed by atoms with Crippen molar-refractivity contribution in [3.05, 3.63) is 126 Å². The molecule has 0 fully saturated rings. The Labute approximate surface area is 219 Å². The van der Waals surface area contributed by atoms with Crippen molar-refractivity contribution in [2.75, 3.05) is 13.1 Å². The van der Waals surface area contributed by atoms with E-state index in [4.69, 9.17) is 23.1 Å². The van der Waals surface area contributed by atoms with E-state index in [1.54, 1.807) is 24.3 Å². The SMILES string of the molecule is [B]c1cc(C(=C)N(CCCN)Cc2ccc(F)c(Oc3ccccc3)c2)ccc1OCc1ccccc1. The summed E-state index contributed by atoms with van der Waals surface area (Å²) < 4.78 is 26.2. The molecule has 0 amide bonds. The fraction of sp³-hybridized carbons (Fsp3) is 0.161. The van der Waals surface area contributed by atoms with E-state index in [0.29, 0.717) is 43.2 Å². The van der Waals surface area contributed by atoms with Gasteiger partial charge in [-0.05, 0) is 66.1 Å². The molecule has 0 bridgehead atoms. The fourth-order valence-electron chi connectivity index (χ4n) is 3.93. The molecule has 4 nitrogen and oxygen atoms in total. The van der Waals surface area contributed by atoms with Crippen LogP contribution in [-0.2, 0) is 13.2 Å². The highest BCUT2D eigenvalue weighted by Gasteiger charge is 2.14. The third-order valence-electron chi connectivity index (χ3n) is 5.93. The zero-order chi connectivity index (χ0) is 26.0. The molecule has 0 aliphatic heterocycles. The van der Waals surface area contributed by atoms with Crippen molar-refractivity contribution in [2.45, 2.75) is 19.6 Å². The predicted octanol–water partition coefficient (Wildman–Crippen LogP) is 5.81. The number of nitrogens with two attached hydrogens (primary N) is 1. The Bertz CT molecular complexity index is 1320. The maximum atomic E-state index is 14.5. The van der Waals surface area contributed by atoms with Gasteiger partial charge in [0, 0.05) is 18.8 Å². The second-order valence-corrected chi connectivity index (χ2v) is 8.72. The molecule has 0 heterocycles. The third-order valence-corrected chi connectivity index (χ3v) is 5.93. The van der Waals surface area contributed by atoms with Crippen molar-refractivity contribution in [3.8, 4) is 17.2 Å². The summed E-state index contributed by atoms with van der Waals surface area (Å²) >= 11 is 0. The molecule has 6 heteroatoms. The Morgan fingerprint density at radius 2 is 1.59 bits per heavy atom. The molecule has 2 radical (unpaired) electrons. The predicted molar refractivity (Wildman–Crippen MR) is 149 cm³/mol. The van der Waals surface area contributed by atoms with Crippen LogP contribution in [-0.4, -0.2) is 25.8 Å². The van der Waals surface area contributed by atoms with Gasteiger partial charge in [-0.1, -0.05) is 72.7 Å². The van der Waals surface area contributed by atoms with Gasteiger partial charge in [0.25, 0.3) is 0 Å². The van der Waals surface area contributed by atoms with Crippen LogP contribution >= 0.6 is 0 Å². The first-order valence-electron chi connectivity index (χ1n) is 12.3. The molecule has 186 valence electrons. The molecule has 0 unspecified atom stereocenters. The quantitative estimate of drug-likeness (QED) is 0.254. The fourth-order valence-corrected chi connectivity index (χ4v) is 3.93. The lowest BCUT2D eigenvalue weighted by Gasteiger charge is -2.28. The highest BCUT2D eigenvalue weighted by molar-refractivity contribution is 6.34. The summed E-state index contributed by atoms with van der Waals surface area (Å²) in [5.41, 5.74) is 9.97. The van der Waals surface area contributed by atoms with Gasteiger partial charge in [-0.15, -0.1) is 0 Å². The molecule has 0 spiro atoms. The number of benzene rings is 4. The Balaban J connectivity index is 1.48. The molecule has 0 atom stereocenters. The Morgan fingerprint density at radius 1 is 0.865 bits per heavy atom. The molecule has 4 aromatic carbocycles. The van der Waals surface area contributed by atoms with Gasteiger partial charge in [0.1, 0.15) is 26.0 Å². The van der Waals surface area contributed by atoms with Crippen molar-refractivity contribution < 1.29 is 13.9 Å². The summed E-state index contributed by atoms with van der Waals surface area (Å²) in [6.45, 7) is 6.51. The van der Waals surface area contributed by atoms with Crippen molar-refractivity contribution >= 4 is 19.0 Å². The summed E-state index contributed by atoms with van der Waals surface area (Å²) in [5, 5.41) is 0.